The molecule has 4 heteroatoms. The third-order valence-electron chi connectivity index (χ3n) is 3.50. The minimum Gasteiger partial charge on any atom is -0.332 e. The first-order valence-corrected chi connectivity index (χ1v) is 5.94. The lowest BCUT2D eigenvalue weighted by Crippen LogP contribution is -2.45. The van der Waals surface area contributed by atoms with Crippen LogP contribution in [0.3, 0.4) is 0 Å². The summed E-state index contributed by atoms with van der Waals surface area (Å²) >= 11 is 6.01. The maximum atomic E-state index is 12.3. The highest BCUT2D eigenvalue weighted by Gasteiger charge is 2.47. The van der Waals surface area contributed by atoms with E-state index in [1.54, 1.807) is 24.4 Å². The van der Waals surface area contributed by atoms with Crippen LogP contribution in [-0.4, -0.2) is 5.91 Å². The van der Waals surface area contributed by atoms with Gasteiger partial charge in [0.05, 0.1) is 11.6 Å². The predicted octanol–water partition coefficient (Wildman–Crippen LogP) is 2.46. The van der Waals surface area contributed by atoms with Gasteiger partial charge >= 0.3 is 0 Å². The van der Waals surface area contributed by atoms with E-state index in [1.807, 2.05) is 12.2 Å². The van der Waals surface area contributed by atoms with Crippen molar-refractivity contribution in [2.45, 2.75) is 6.42 Å². The smallest absolute Gasteiger partial charge is 0.239 e. The molecule has 0 radical (unpaired) electrons. The second-order valence-corrected chi connectivity index (χ2v) is 4.85. The molecule has 0 fully saturated rings. The summed E-state index contributed by atoms with van der Waals surface area (Å²) in [5.41, 5.74) is 1.45. The molecule has 0 saturated heterocycles. The summed E-state index contributed by atoms with van der Waals surface area (Å²) in [4.78, 5) is 12.3. The van der Waals surface area contributed by atoms with Crippen molar-refractivity contribution in [3.63, 3.8) is 0 Å². The summed E-state index contributed by atoms with van der Waals surface area (Å²) in [6.07, 6.45) is 11.1. The summed E-state index contributed by atoms with van der Waals surface area (Å²) in [7, 11) is 0. The Balaban J connectivity index is 2.26. The van der Waals surface area contributed by atoms with Gasteiger partial charge in [-0.15, -0.1) is 0 Å². The number of carbonyl (C=O) groups excluding carboxylic acids is 1. The Kier molecular flexibility index (Phi) is 2.29. The quantitative estimate of drug-likeness (QED) is 0.724. The van der Waals surface area contributed by atoms with E-state index in [2.05, 4.69) is 11.4 Å². The first-order valence-electron chi connectivity index (χ1n) is 5.56. The SMILES string of the molecule is N#CC1=CC2=CC(Cl)=CCC23C(=O)NC=CC3=C1. The Bertz CT molecular complexity index is 643. The van der Waals surface area contributed by atoms with Gasteiger partial charge in [0.25, 0.3) is 0 Å². The van der Waals surface area contributed by atoms with Gasteiger partial charge in [-0.25, -0.2) is 0 Å². The minimum atomic E-state index is -0.715. The highest BCUT2D eigenvalue weighted by molar-refractivity contribution is 6.31. The van der Waals surface area contributed by atoms with Gasteiger partial charge in [-0.05, 0) is 41.9 Å². The number of nitrogens with one attached hydrogen (secondary N) is 1. The molecule has 1 atom stereocenters. The Labute approximate surface area is 109 Å². The van der Waals surface area contributed by atoms with Crippen molar-refractivity contribution < 1.29 is 4.79 Å². The van der Waals surface area contributed by atoms with Crippen LogP contribution in [0.1, 0.15) is 6.42 Å². The van der Waals surface area contributed by atoms with Crippen molar-refractivity contribution in [1.29, 1.82) is 5.26 Å². The van der Waals surface area contributed by atoms with E-state index in [-0.39, 0.29) is 5.91 Å². The highest BCUT2D eigenvalue weighted by Crippen LogP contribution is 2.49. The molecule has 0 bridgehead atoms. The molecule has 1 spiro atoms. The van der Waals surface area contributed by atoms with E-state index in [0.29, 0.717) is 17.0 Å². The number of halogens is 1. The van der Waals surface area contributed by atoms with E-state index in [4.69, 9.17) is 16.9 Å². The molecule has 18 heavy (non-hydrogen) atoms. The molecule has 88 valence electrons. The molecule has 2 aliphatic carbocycles. The van der Waals surface area contributed by atoms with E-state index in [0.717, 1.165) is 11.1 Å². The maximum absolute atomic E-state index is 12.3. The fraction of sp³-hybridized carbons (Fsp3) is 0.143. The molecule has 0 aromatic carbocycles. The van der Waals surface area contributed by atoms with Gasteiger partial charge in [-0.1, -0.05) is 17.7 Å². The van der Waals surface area contributed by atoms with Gasteiger partial charge < -0.3 is 5.32 Å². The molecule has 3 nitrogen and oxygen atoms in total. The predicted molar refractivity (Wildman–Crippen MR) is 68.1 cm³/mol. The Morgan fingerprint density at radius 3 is 2.94 bits per heavy atom. The normalized spacial score (nSPS) is 28.8. The molecule has 3 aliphatic rings. The van der Waals surface area contributed by atoms with Crippen molar-refractivity contribution in [2.24, 2.45) is 5.41 Å². The standard InChI is InChI=1S/C14H9ClN2O/c15-12-1-3-14-10(2-4-17-13(14)18)5-9(8-16)6-11(14)7-12/h1-2,4-7H,3H2,(H,17,18). The molecule has 3 rings (SSSR count). The number of hydrogen-bond acceptors (Lipinski definition) is 2. The Morgan fingerprint density at radius 2 is 2.17 bits per heavy atom. The van der Waals surface area contributed by atoms with E-state index in [1.165, 1.54) is 0 Å². The number of amides is 1. The van der Waals surface area contributed by atoms with E-state index >= 15 is 0 Å². The van der Waals surface area contributed by atoms with Crippen LogP contribution in [0.25, 0.3) is 0 Å². The average molecular weight is 257 g/mol. The zero-order chi connectivity index (χ0) is 12.8. The van der Waals surface area contributed by atoms with Crippen molar-refractivity contribution in [3.05, 3.63) is 58.3 Å². The van der Waals surface area contributed by atoms with Crippen LogP contribution in [0.15, 0.2) is 58.3 Å². The molecule has 0 saturated carbocycles. The number of nitriles is 1. The number of rotatable bonds is 0. The van der Waals surface area contributed by atoms with Crippen LogP contribution in [-0.2, 0) is 4.79 Å². The molecule has 1 N–H and O–H groups in total. The molecule has 1 heterocycles. The molecular formula is C14H9ClN2O. The monoisotopic (exact) mass is 256 g/mol. The van der Waals surface area contributed by atoms with Gasteiger partial charge in [0.1, 0.15) is 5.41 Å². The van der Waals surface area contributed by atoms with Gasteiger partial charge in [0, 0.05) is 11.2 Å². The van der Waals surface area contributed by atoms with Gasteiger partial charge in [0.15, 0.2) is 0 Å². The first kappa shape index (κ1) is 11.1. The molecule has 1 aliphatic heterocycles. The lowest BCUT2D eigenvalue weighted by Gasteiger charge is -2.39. The van der Waals surface area contributed by atoms with Crippen LogP contribution in [0.5, 0.6) is 0 Å². The fourth-order valence-corrected chi connectivity index (χ4v) is 2.78. The van der Waals surface area contributed by atoms with Crippen LogP contribution < -0.4 is 5.32 Å². The molecule has 1 unspecified atom stereocenters. The fourth-order valence-electron chi connectivity index (χ4n) is 2.59. The molecule has 1 amide bonds. The van der Waals surface area contributed by atoms with Gasteiger partial charge in [-0.2, -0.15) is 5.26 Å². The zero-order valence-corrected chi connectivity index (χ0v) is 10.2. The van der Waals surface area contributed by atoms with Crippen LogP contribution >= 0.6 is 11.6 Å². The minimum absolute atomic E-state index is 0.0730. The summed E-state index contributed by atoms with van der Waals surface area (Å²) < 4.78 is 0. The van der Waals surface area contributed by atoms with Crippen LogP contribution in [0.2, 0.25) is 0 Å². The average Bonchev–Trinajstić information content (AvgIpc) is 2.37. The van der Waals surface area contributed by atoms with E-state index in [9.17, 15) is 4.79 Å². The van der Waals surface area contributed by atoms with Gasteiger partial charge in [-0.3, -0.25) is 4.79 Å². The number of nitrogens with zero attached hydrogens (tertiary/aromatic N) is 1. The van der Waals surface area contributed by atoms with Crippen molar-refractivity contribution in [2.75, 3.05) is 0 Å². The third-order valence-corrected chi connectivity index (χ3v) is 3.76. The molecule has 0 aromatic rings. The van der Waals surface area contributed by atoms with Crippen molar-refractivity contribution in [1.82, 2.24) is 5.32 Å². The molecular weight excluding hydrogens is 248 g/mol. The second-order valence-electron chi connectivity index (χ2n) is 4.42. The zero-order valence-electron chi connectivity index (χ0n) is 9.40. The van der Waals surface area contributed by atoms with E-state index < -0.39 is 5.41 Å². The van der Waals surface area contributed by atoms with Crippen LogP contribution in [0, 0.1) is 16.7 Å². The molecule has 0 aromatic heterocycles. The van der Waals surface area contributed by atoms with Crippen LogP contribution in [0.4, 0.5) is 0 Å². The van der Waals surface area contributed by atoms with Gasteiger partial charge in [0.2, 0.25) is 5.91 Å². The number of allylic oxidation sites excluding steroid dienone is 7. The van der Waals surface area contributed by atoms with Crippen molar-refractivity contribution in [3.8, 4) is 6.07 Å². The topological polar surface area (TPSA) is 52.9 Å². The summed E-state index contributed by atoms with van der Waals surface area (Å²) in [6.45, 7) is 0. The van der Waals surface area contributed by atoms with Crippen molar-refractivity contribution >= 4 is 17.5 Å². The summed E-state index contributed by atoms with van der Waals surface area (Å²) in [6, 6.07) is 2.11. The first-order chi connectivity index (χ1) is 8.66. The highest BCUT2D eigenvalue weighted by atomic mass is 35.5. The number of hydrogen-bond donors (Lipinski definition) is 1. The maximum Gasteiger partial charge on any atom is 0.239 e. The lowest BCUT2D eigenvalue weighted by molar-refractivity contribution is -0.126. The summed E-state index contributed by atoms with van der Waals surface area (Å²) in [5, 5.41) is 12.4. The second kappa shape index (κ2) is 3.72. The number of carbonyl (C=O) groups is 1. The largest absolute Gasteiger partial charge is 0.332 e. The Hall–Kier alpha value is -2.05. The lowest BCUT2D eigenvalue weighted by atomic mass is 9.64. The Morgan fingerprint density at radius 1 is 1.33 bits per heavy atom. The third kappa shape index (κ3) is 1.33. The summed E-state index contributed by atoms with van der Waals surface area (Å²) in [5.74, 6) is -0.0730.